The molecule has 0 saturated heterocycles. The van der Waals surface area contributed by atoms with Crippen molar-refractivity contribution in [1.82, 2.24) is 0 Å². The van der Waals surface area contributed by atoms with Gasteiger partial charge < -0.3 is 14.4 Å². The van der Waals surface area contributed by atoms with Gasteiger partial charge in [-0.25, -0.2) is 0 Å². The van der Waals surface area contributed by atoms with E-state index in [-0.39, 0.29) is 11.5 Å². The van der Waals surface area contributed by atoms with Gasteiger partial charge in [0.2, 0.25) is 0 Å². The summed E-state index contributed by atoms with van der Waals surface area (Å²) in [6.07, 6.45) is 14.9. The van der Waals surface area contributed by atoms with Crippen LogP contribution in [-0.2, 0) is 30.2 Å². The molecule has 0 spiro atoms. The molecule has 5 nitrogen and oxygen atoms in total. The minimum absolute atomic E-state index is 0.0729. The van der Waals surface area contributed by atoms with E-state index in [9.17, 15) is 12.3 Å². The predicted octanol–water partition coefficient (Wildman–Crippen LogP) is 8.89. The summed E-state index contributed by atoms with van der Waals surface area (Å²) in [7, 11) is 4.98. The van der Waals surface area contributed by atoms with E-state index in [1.807, 2.05) is 0 Å². The molecule has 2 fully saturated rings. The number of methoxy groups -OCH3 is 1. The number of rotatable bonds is 8. The summed E-state index contributed by atoms with van der Waals surface area (Å²) in [5, 5.41) is 1.75. The van der Waals surface area contributed by atoms with Gasteiger partial charge in [-0.2, -0.15) is 26.6 Å². The molecule has 0 heterocycles. The average Bonchev–Trinajstić information content (AvgIpc) is 3.04. The molecule has 0 bridgehead atoms. The molecule has 0 aromatic heterocycles. The maximum atomic E-state index is 13.1. The van der Waals surface area contributed by atoms with Crippen molar-refractivity contribution in [3.63, 3.8) is 0 Å². The Bertz CT molecular complexity index is 1340. The molecule has 0 aliphatic heterocycles. The summed E-state index contributed by atoms with van der Waals surface area (Å²) in [5.74, 6) is 0.616. The second-order valence-electron chi connectivity index (χ2n) is 11.1. The molecule has 3 aromatic rings. The zero-order chi connectivity index (χ0) is 31.2. The van der Waals surface area contributed by atoms with Gasteiger partial charge in [0.1, 0.15) is 21.7 Å². The molecule has 0 amide bonds. The molecular weight excluding hydrogens is 789 g/mol. The molecule has 240 valence electrons. The fraction of sp³-hybridized carbons (Fsp3) is 0.455. The zero-order valence-corrected chi connectivity index (χ0v) is 29.9. The molecule has 5 rings (SSSR count). The van der Waals surface area contributed by atoms with Crippen molar-refractivity contribution in [2.75, 3.05) is 26.1 Å². The number of halogens is 2. The second kappa shape index (κ2) is 18.4. The molecule has 0 atom stereocenters. The van der Waals surface area contributed by atoms with Gasteiger partial charge in [-0.05, 0) is 75.6 Å². The first-order valence-electron chi connectivity index (χ1n) is 14.8. The van der Waals surface area contributed by atoms with Crippen LogP contribution in [0, 0.1) is 6.07 Å². The first kappa shape index (κ1) is 35.9. The van der Waals surface area contributed by atoms with Crippen molar-refractivity contribution in [2.24, 2.45) is 0 Å². The molecule has 2 aliphatic carbocycles. The van der Waals surface area contributed by atoms with Crippen molar-refractivity contribution in [2.45, 2.75) is 80.4 Å². The quantitative estimate of drug-likeness (QED) is 0.0984. The second-order valence-corrected chi connectivity index (χ2v) is 15.5. The molecule has 0 N–H and O–H groups in total. The topological polar surface area (TPSA) is 55.8 Å². The van der Waals surface area contributed by atoms with Gasteiger partial charge in [-0.15, -0.1) is 16.0 Å². The van der Waals surface area contributed by atoms with Crippen molar-refractivity contribution >= 4 is 38.3 Å². The monoisotopic (exact) mass is 831 g/mol. The van der Waals surface area contributed by atoms with E-state index in [1.54, 1.807) is 49.6 Å². The summed E-state index contributed by atoms with van der Waals surface area (Å²) in [6, 6.07) is 22.6. The van der Waals surface area contributed by atoms with E-state index in [0.29, 0.717) is 5.75 Å². The van der Waals surface area contributed by atoms with E-state index in [2.05, 4.69) is 58.5 Å². The molecule has 2 aliphatic rings. The SMILES string of the molecule is CN(C)c1ccccc1[PH+](C1CCCCC1)C1CCCCC1.COc1ccc(Oc2cc[c-]cc2)cc1S(=O)(=O)F.[Cl][Au]. The molecule has 43 heavy (non-hydrogen) atoms. The van der Waals surface area contributed by atoms with Crippen molar-refractivity contribution < 1.29 is 41.8 Å². The summed E-state index contributed by atoms with van der Waals surface area (Å²) < 4.78 is 45.3. The fourth-order valence-corrected chi connectivity index (χ4v) is 11.3. The summed E-state index contributed by atoms with van der Waals surface area (Å²) in [4.78, 5) is 1.79. The summed E-state index contributed by atoms with van der Waals surface area (Å²) >= 11 is 1.75. The Labute approximate surface area is 275 Å². The number of hydrogen-bond acceptors (Lipinski definition) is 5. The zero-order valence-electron chi connectivity index (χ0n) is 25.1. The number of benzene rings is 3. The van der Waals surface area contributed by atoms with Crippen LogP contribution in [0.2, 0.25) is 0 Å². The average molecular weight is 832 g/mol. The van der Waals surface area contributed by atoms with Gasteiger partial charge in [0, 0.05) is 33.8 Å². The van der Waals surface area contributed by atoms with E-state index < -0.39 is 23.0 Å². The van der Waals surface area contributed by atoms with Gasteiger partial charge in [0.05, 0.1) is 24.1 Å². The van der Waals surface area contributed by atoms with Crippen LogP contribution in [0.15, 0.2) is 71.6 Å². The van der Waals surface area contributed by atoms with E-state index in [0.717, 1.165) is 17.4 Å². The number of ether oxygens (including phenoxy) is 2. The van der Waals surface area contributed by atoms with Crippen LogP contribution in [0.3, 0.4) is 0 Å². The number of hydrogen-bond donors (Lipinski definition) is 0. The first-order valence-corrected chi connectivity index (χ1v) is 20.5. The van der Waals surface area contributed by atoms with Gasteiger partial charge in [-0.3, -0.25) is 0 Å². The third-order valence-corrected chi connectivity index (χ3v) is 12.9. The molecule has 0 unspecified atom stereocenters. The van der Waals surface area contributed by atoms with Gasteiger partial charge in [-0.1, -0.05) is 25.0 Å². The van der Waals surface area contributed by atoms with Crippen LogP contribution in [0.25, 0.3) is 0 Å². The number of anilines is 1. The van der Waals surface area contributed by atoms with E-state index in [1.165, 1.54) is 89.1 Å². The van der Waals surface area contributed by atoms with Crippen molar-refractivity contribution in [3.05, 3.63) is 72.8 Å². The molecule has 2 saturated carbocycles. The first-order chi connectivity index (χ1) is 20.8. The normalized spacial score (nSPS) is 15.9. The molecule has 10 heteroatoms. The minimum atomic E-state index is -4.87. The third-order valence-electron chi connectivity index (χ3n) is 8.11. The number of nitrogens with zero attached hydrogens (tertiary/aromatic N) is 1. The Hall–Kier alpha value is -1.60. The summed E-state index contributed by atoms with van der Waals surface area (Å²) in [6.45, 7) is 0. The van der Waals surface area contributed by atoms with Crippen LogP contribution in [-0.4, -0.2) is 40.9 Å². The Morgan fingerprint density at radius 2 is 1.42 bits per heavy atom. The van der Waals surface area contributed by atoms with E-state index in [4.69, 9.17) is 9.47 Å². The number of para-hydroxylation sites is 1. The summed E-state index contributed by atoms with van der Waals surface area (Å²) in [5.41, 5.74) is 3.57. The predicted molar refractivity (Wildman–Crippen MR) is 175 cm³/mol. The molecule has 0 radical (unpaired) electrons. The van der Waals surface area contributed by atoms with Crippen LogP contribution < -0.4 is 19.7 Å². The molecule has 3 aromatic carbocycles. The standard InChI is InChI=1S/C20H32NP.C13H10FO4S.Au.ClH/c1-21(2)19-15-9-10-16-20(19)22(17-11-5-3-6-12-17)18-13-7-4-8-14-18;1-17-12-8-7-11(9-13(12)19(14,15)16)18-10-5-3-2-4-6-10;;/h9-10,15-18H,3-8,11-14H2,1-2H3;3-9H,1H3;;1H/q;-1;+1;. The fourth-order valence-electron chi connectivity index (χ4n) is 6.19. The van der Waals surface area contributed by atoms with E-state index >= 15 is 0 Å². The van der Waals surface area contributed by atoms with Gasteiger partial charge in [0.25, 0.3) is 0 Å². The Morgan fingerprint density at radius 3 is 1.93 bits per heavy atom. The Morgan fingerprint density at radius 1 is 0.860 bits per heavy atom. The maximum absolute atomic E-state index is 13.1. The van der Waals surface area contributed by atoms with Gasteiger partial charge >= 0.3 is 39.4 Å². The van der Waals surface area contributed by atoms with Crippen molar-refractivity contribution in [3.8, 4) is 17.2 Å². The van der Waals surface area contributed by atoms with Gasteiger partial charge in [0.15, 0.2) is 0 Å². The van der Waals surface area contributed by atoms with Crippen LogP contribution in [0.5, 0.6) is 17.2 Å². The van der Waals surface area contributed by atoms with Crippen LogP contribution in [0.4, 0.5) is 9.57 Å². The Kier molecular flexibility index (Phi) is 15.3. The Balaban J connectivity index is 0.000000225. The van der Waals surface area contributed by atoms with Crippen LogP contribution in [0.1, 0.15) is 64.2 Å². The van der Waals surface area contributed by atoms with Crippen molar-refractivity contribution in [1.29, 1.82) is 0 Å². The van der Waals surface area contributed by atoms with Crippen LogP contribution >= 0.6 is 17.1 Å². The third kappa shape index (κ3) is 10.8. The molecular formula is C33H43AuClFNO4PS.